The lowest BCUT2D eigenvalue weighted by Crippen LogP contribution is -2.03. The molecule has 0 heterocycles. The molecule has 94 valence electrons. The molecule has 0 N–H and O–H groups in total. The molecule has 0 unspecified atom stereocenters. The van der Waals surface area contributed by atoms with E-state index in [1.807, 2.05) is 31.2 Å². The van der Waals surface area contributed by atoms with Crippen LogP contribution in [0.25, 0.3) is 0 Å². The number of rotatable bonds is 8. The Hall–Kier alpha value is -1.31. The number of ketones is 1. The topological polar surface area (TPSA) is 26.3 Å². The van der Waals surface area contributed by atoms with E-state index < -0.39 is 0 Å². The van der Waals surface area contributed by atoms with E-state index >= 15 is 0 Å². The number of Topliss-reactive ketones (excluding diaryl/α,β-unsaturated/α-hetero) is 1. The Kier molecular flexibility index (Phi) is 6.38. The van der Waals surface area contributed by atoms with E-state index in [4.69, 9.17) is 4.74 Å². The monoisotopic (exact) mass is 234 g/mol. The first-order chi connectivity index (χ1) is 8.29. The van der Waals surface area contributed by atoms with Crippen molar-refractivity contribution in [3.8, 4) is 5.75 Å². The van der Waals surface area contributed by atoms with Gasteiger partial charge in [-0.3, -0.25) is 4.79 Å². The van der Waals surface area contributed by atoms with Crippen LogP contribution < -0.4 is 4.74 Å². The summed E-state index contributed by atoms with van der Waals surface area (Å²) in [4.78, 5) is 12.0. The van der Waals surface area contributed by atoms with Gasteiger partial charge < -0.3 is 4.74 Å². The Bertz CT molecular complexity index is 345. The van der Waals surface area contributed by atoms with Crippen molar-refractivity contribution in [2.24, 2.45) is 0 Å². The molecule has 0 fully saturated rings. The number of unbranched alkanes of at least 4 members (excludes halogenated alkanes) is 3. The quantitative estimate of drug-likeness (QED) is 0.497. The van der Waals surface area contributed by atoms with Crippen molar-refractivity contribution in [1.29, 1.82) is 0 Å². The number of hydrogen-bond acceptors (Lipinski definition) is 2. The van der Waals surface area contributed by atoms with Crippen LogP contribution >= 0.6 is 0 Å². The average molecular weight is 234 g/mol. The fourth-order valence-electron chi connectivity index (χ4n) is 1.83. The summed E-state index contributed by atoms with van der Waals surface area (Å²) in [6.07, 6.45) is 5.15. The zero-order chi connectivity index (χ0) is 12.5. The van der Waals surface area contributed by atoms with Crippen LogP contribution in [0.4, 0.5) is 0 Å². The maximum atomic E-state index is 12.0. The molecule has 17 heavy (non-hydrogen) atoms. The van der Waals surface area contributed by atoms with Gasteiger partial charge in [-0.25, -0.2) is 0 Å². The molecular weight excluding hydrogens is 212 g/mol. The van der Waals surface area contributed by atoms with Crippen molar-refractivity contribution in [2.45, 2.75) is 46.0 Å². The molecule has 1 aromatic carbocycles. The van der Waals surface area contributed by atoms with Gasteiger partial charge in [-0.05, 0) is 25.5 Å². The summed E-state index contributed by atoms with van der Waals surface area (Å²) in [6, 6.07) is 7.51. The van der Waals surface area contributed by atoms with Crippen LogP contribution in [-0.4, -0.2) is 12.4 Å². The molecule has 0 spiro atoms. The van der Waals surface area contributed by atoms with Crippen LogP contribution in [0, 0.1) is 0 Å². The van der Waals surface area contributed by atoms with E-state index in [-0.39, 0.29) is 5.78 Å². The lowest BCUT2D eigenvalue weighted by atomic mass is 10.0. The first kappa shape index (κ1) is 13.8. The minimum absolute atomic E-state index is 0.199. The van der Waals surface area contributed by atoms with E-state index in [9.17, 15) is 4.79 Å². The zero-order valence-corrected chi connectivity index (χ0v) is 10.9. The molecule has 0 saturated carbocycles. The molecule has 0 aliphatic rings. The van der Waals surface area contributed by atoms with Crippen molar-refractivity contribution >= 4 is 5.78 Å². The standard InChI is InChI=1S/C15H22O2/c1-3-5-6-7-11-14(16)13-10-8-9-12-15(13)17-4-2/h8-10,12H,3-7,11H2,1-2H3. The molecular formula is C15H22O2. The Labute approximate surface area is 104 Å². The molecule has 0 aromatic heterocycles. The van der Waals surface area contributed by atoms with Gasteiger partial charge in [-0.15, -0.1) is 0 Å². The van der Waals surface area contributed by atoms with Crippen molar-refractivity contribution < 1.29 is 9.53 Å². The van der Waals surface area contributed by atoms with Gasteiger partial charge in [0.15, 0.2) is 5.78 Å². The van der Waals surface area contributed by atoms with Crippen LogP contribution in [0.5, 0.6) is 5.75 Å². The van der Waals surface area contributed by atoms with Crippen molar-refractivity contribution in [3.63, 3.8) is 0 Å². The summed E-state index contributed by atoms with van der Waals surface area (Å²) in [5, 5.41) is 0. The van der Waals surface area contributed by atoms with E-state index in [0.717, 1.165) is 24.2 Å². The predicted octanol–water partition coefficient (Wildman–Crippen LogP) is 4.24. The average Bonchev–Trinajstić information content (AvgIpc) is 2.35. The van der Waals surface area contributed by atoms with Gasteiger partial charge in [-0.2, -0.15) is 0 Å². The highest BCUT2D eigenvalue weighted by Crippen LogP contribution is 2.20. The lowest BCUT2D eigenvalue weighted by Gasteiger charge is -2.08. The minimum atomic E-state index is 0.199. The third-order valence-corrected chi connectivity index (χ3v) is 2.74. The zero-order valence-electron chi connectivity index (χ0n) is 10.9. The molecule has 0 atom stereocenters. The third kappa shape index (κ3) is 4.59. The van der Waals surface area contributed by atoms with E-state index in [1.165, 1.54) is 12.8 Å². The number of para-hydroxylation sites is 1. The SMILES string of the molecule is CCCCCCC(=O)c1ccccc1OCC. The summed E-state index contributed by atoms with van der Waals surface area (Å²) in [5.74, 6) is 0.917. The minimum Gasteiger partial charge on any atom is -0.493 e. The first-order valence-electron chi connectivity index (χ1n) is 6.54. The molecule has 1 aromatic rings. The van der Waals surface area contributed by atoms with Crippen LogP contribution in [0.3, 0.4) is 0 Å². The molecule has 2 nitrogen and oxygen atoms in total. The molecule has 0 amide bonds. The van der Waals surface area contributed by atoms with Crippen LogP contribution in [0.2, 0.25) is 0 Å². The Morgan fingerprint density at radius 1 is 1.12 bits per heavy atom. The fourth-order valence-corrected chi connectivity index (χ4v) is 1.83. The smallest absolute Gasteiger partial charge is 0.166 e. The Balaban J connectivity index is 2.55. The number of hydrogen-bond donors (Lipinski definition) is 0. The third-order valence-electron chi connectivity index (χ3n) is 2.74. The van der Waals surface area contributed by atoms with E-state index in [0.29, 0.717) is 13.0 Å². The van der Waals surface area contributed by atoms with Gasteiger partial charge in [-0.1, -0.05) is 38.3 Å². The van der Waals surface area contributed by atoms with Gasteiger partial charge >= 0.3 is 0 Å². The maximum absolute atomic E-state index is 12.0. The molecule has 0 saturated heterocycles. The van der Waals surface area contributed by atoms with Crippen LogP contribution in [0.1, 0.15) is 56.3 Å². The molecule has 0 aliphatic carbocycles. The number of carbonyl (C=O) groups excluding carboxylic acids is 1. The van der Waals surface area contributed by atoms with Gasteiger partial charge in [0.25, 0.3) is 0 Å². The van der Waals surface area contributed by atoms with E-state index in [1.54, 1.807) is 0 Å². The Morgan fingerprint density at radius 2 is 1.88 bits per heavy atom. The van der Waals surface area contributed by atoms with Gasteiger partial charge in [0.1, 0.15) is 5.75 Å². The predicted molar refractivity (Wildman–Crippen MR) is 70.7 cm³/mol. The molecule has 0 radical (unpaired) electrons. The first-order valence-corrected chi connectivity index (χ1v) is 6.54. The maximum Gasteiger partial charge on any atom is 0.166 e. The van der Waals surface area contributed by atoms with Gasteiger partial charge in [0.05, 0.1) is 12.2 Å². The van der Waals surface area contributed by atoms with Crippen molar-refractivity contribution in [3.05, 3.63) is 29.8 Å². The number of benzene rings is 1. The highest BCUT2D eigenvalue weighted by atomic mass is 16.5. The second kappa shape index (κ2) is 7.88. The summed E-state index contributed by atoms with van der Waals surface area (Å²) in [7, 11) is 0. The Morgan fingerprint density at radius 3 is 2.59 bits per heavy atom. The lowest BCUT2D eigenvalue weighted by molar-refractivity contribution is 0.0975. The molecule has 0 bridgehead atoms. The normalized spacial score (nSPS) is 10.2. The fraction of sp³-hybridized carbons (Fsp3) is 0.533. The largest absolute Gasteiger partial charge is 0.493 e. The van der Waals surface area contributed by atoms with Crippen molar-refractivity contribution in [1.82, 2.24) is 0 Å². The van der Waals surface area contributed by atoms with Crippen LogP contribution in [0.15, 0.2) is 24.3 Å². The summed E-state index contributed by atoms with van der Waals surface area (Å²) >= 11 is 0. The van der Waals surface area contributed by atoms with Crippen LogP contribution in [-0.2, 0) is 0 Å². The van der Waals surface area contributed by atoms with E-state index in [2.05, 4.69) is 6.92 Å². The summed E-state index contributed by atoms with van der Waals surface area (Å²) in [6.45, 7) is 4.70. The van der Waals surface area contributed by atoms with Crippen molar-refractivity contribution in [2.75, 3.05) is 6.61 Å². The van der Waals surface area contributed by atoms with Gasteiger partial charge in [0.2, 0.25) is 0 Å². The van der Waals surface area contributed by atoms with Gasteiger partial charge in [0, 0.05) is 6.42 Å². The molecule has 0 aliphatic heterocycles. The second-order valence-electron chi connectivity index (χ2n) is 4.16. The second-order valence-corrected chi connectivity index (χ2v) is 4.16. The summed E-state index contributed by atoms with van der Waals surface area (Å²) in [5.41, 5.74) is 0.728. The summed E-state index contributed by atoms with van der Waals surface area (Å²) < 4.78 is 5.46. The number of carbonyl (C=O) groups is 1. The molecule has 1 rings (SSSR count). The highest BCUT2D eigenvalue weighted by Gasteiger charge is 2.10. The number of ether oxygens (including phenoxy) is 1. The highest BCUT2D eigenvalue weighted by molar-refractivity contribution is 5.98. The molecule has 2 heteroatoms.